The van der Waals surface area contributed by atoms with E-state index < -0.39 is 9.84 Å². The van der Waals surface area contributed by atoms with E-state index in [1.165, 1.54) is 0 Å². The van der Waals surface area contributed by atoms with Crippen molar-refractivity contribution in [3.63, 3.8) is 0 Å². The molecule has 0 fully saturated rings. The normalized spacial score (nSPS) is 11.4. The van der Waals surface area contributed by atoms with Gasteiger partial charge >= 0.3 is 0 Å². The molecule has 8 heteroatoms. The molecule has 124 valence electrons. The first-order valence-corrected chi connectivity index (χ1v) is 8.93. The average Bonchev–Trinajstić information content (AvgIpc) is 2.93. The highest BCUT2D eigenvalue weighted by atomic mass is 32.2. The molecule has 0 spiro atoms. The van der Waals surface area contributed by atoms with Crippen LogP contribution in [0.15, 0.2) is 33.7 Å². The quantitative estimate of drug-likeness (QED) is 0.820. The molecule has 7 nitrogen and oxygen atoms in total. The molecule has 0 saturated carbocycles. The Morgan fingerprint density at radius 3 is 2.61 bits per heavy atom. The highest BCUT2D eigenvalue weighted by Crippen LogP contribution is 2.16. The van der Waals surface area contributed by atoms with Crippen LogP contribution in [0.3, 0.4) is 0 Å². The lowest BCUT2D eigenvalue weighted by Gasteiger charge is -2.01. The molecular weight excluding hydrogens is 318 g/mol. The molecule has 0 aliphatic rings. The van der Waals surface area contributed by atoms with Gasteiger partial charge in [0.15, 0.2) is 15.7 Å². The SMILES string of the molecule is CCNC(=O)CCc1nc(CS(=O)(=O)c2ccc(C)cc2)no1. The lowest BCUT2D eigenvalue weighted by Crippen LogP contribution is -2.22. The first-order valence-electron chi connectivity index (χ1n) is 7.28. The van der Waals surface area contributed by atoms with Gasteiger partial charge in [-0.3, -0.25) is 4.79 Å². The van der Waals surface area contributed by atoms with Gasteiger partial charge in [0, 0.05) is 19.4 Å². The Hall–Kier alpha value is -2.22. The minimum absolute atomic E-state index is 0.0940. The predicted octanol–water partition coefficient (Wildman–Crippen LogP) is 1.42. The van der Waals surface area contributed by atoms with Crippen molar-refractivity contribution in [2.75, 3.05) is 6.54 Å². The molecule has 2 aromatic rings. The fourth-order valence-electron chi connectivity index (χ4n) is 1.96. The molecule has 0 aliphatic heterocycles. The molecule has 2 rings (SSSR count). The van der Waals surface area contributed by atoms with Crippen LogP contribution in [0, 0.1) is 6.92 Å². The Balaban J connectivity index is 2.00. The van der Waals surface area contributed by atoms with E-state index in [2.05, 4.69) is 15.5 Å². The molecule has 1 heterocycles. The second-order valence-corrected chi connectivity index (χ2v) is 7.12. The van der Waals surface area contributed by atoms with Crippen LogP contribution in [-0.2, 0) is 26.8 Å². The first kappa shape index (κ1) is 17.1. The summed E-state index contributed by atoms with van der Waals surface area (Å²) in [4.78, 5) is 15.6. The fraction of sp³-hybridized carbons (Fsp3) is 0.400. The monoisotopic (exact) mass is 337 g/mol. The molecule has 0 bridgehead atoms. The predicted molar refractivity (Wildman–Crippen MR) is 83.4 cm³/mol. The Morgan fingerprint density at radius 1 is 1.26 bits per heavy atom. The number of rotatable bonds is 7. The van der Waals surface area contributed by atoms with E-state index in [1.54, 1.807) is 24.3 Å². The smallest absolute Gasteiger partial charge is 0.227 e. The molecule has 23 heavy (non-hydrogen) atoms. The zero-order valence-corrected chi connectivity index (χ0v) is 13.9. The number of aryl methyl sites for hydroxylation is 2. The molecule has 0 radical (unpaired) electrons. The van der Waals surface area contributed by atoms with Gasteiger partial charge in [-0.1, -0.05) is 22.9 Å². The summed E-state index contributed by atoms with van der Waals surface area (Å²) < 4.78 is 29.6. The minimum Gasteiger partial charge on any atom is -0.356 e. The maximum Gasteiger partial charge on any atom is 0.227 e. The number of carbonyl (C=O) groups excluding carboxylic acids is 1. The summed E-state index contributed by atoms with van der Waals surface area (Å²) in [5.41, 5.74) is 0.983. The van der Waals surface area contributed by atoms with Crippen molar-refractivity contribution < 1.29 is 17.7 Å². The van der Waals surface area contributed by atoms with Gasteiger partial charge in [-0.15, -0.1) is 0 Å². The summed E-state index contributed by atoms with van der Waals surface area (Å²) in [6.45, 7) is 4.28. The third-order valence-electron chi connectivity index (χ3n) is 3.15. The molecule has 1 N–H and O–H groups in total. The molecule has 1 aromatic heterocycles. The second-order valence-electron chi connectivity index (χ2n) is 5.13. The number of hydrogen-bond acceptors (Lipinski definition) is 6. The standard InChI is InChI=1S/C15H19N3O4S/c1-3-16-14(19)8-9-15-17-13(18-22-15)10-23(20,21)12-6-4-11(2)5-7-12/h4-7H,3,8-10H2,1-2H3,(H,16,19). The molecule has 0 aliphatic carbocycles. The van der Waals surface area contributed by atoms with Crippen molar-refractivity contribution in [2.24, 2.45) is 0 Å². The number of benzene rings is 1. The van der Waals surface area contributed by atoms with E-state index in [0.717, 1.165) is 5.56 Å². The number of hydrogen-bond donors (Lipinski definition) is 1. The maximum absolute atomic E-state index is 12.3. The fourth-order valence-corrected chi connectivity index (χ4v) is 3.13. The van der Waals surface area contributed by atoms with Gasteiger partial charge in [-0.25, -0.2) is 8.42 Å². The number of amides is 1. The lowest BCUT2D eigenvalue weighted by molar-refractivity contribution is -0.121. The Labute approximate surface area is 135 Å². The summed E-state index contributed by atoms with van der Waals surface area (Å²) in [5, 5.41) is 6.33. The summed E-state index contributed by atoms with van der Waals surface area (Å²) in [6.07, 6.45) is 0.504. The lowest BCUT2D eigenvalue weighted by atomic mass is 10.2. The average molecular weight is 337 g/mol. The third-order valence-corrected chi connectivity index (χ3v) is 4.78. The van der Waals surface area contributed by atoms with E-state index in [0.29, 0.717) is 6.54 Å². The van der Waals surface area contributed by atoms with Crippen molar-refractivity contribution >= 4 is 15.7 Å². The Kier molecular flexibility index (Phi) is 5.49. The molecule has 1 amide bonds. The third kappa shape index (κ3) is 4.88. The van der Waals surface area contributed by atoms with Gasteiger partial charge in [0.05, 0.1) is 4.90 Å². The van der Waals surface area contributed by atoms with Crippen LogP contribution >= 0.6 is 0 Å². The van der Waals surface area contributed by atoms with Gasteiger partial charge in [0.1, 0.15) is 5.75 Å². The zero-order chi connectivity index (χ0) is 16.9. The molecular formula is C15H19N3O4S. The van der Waals surface area contributed by atoms with Crippen LogP contribution in [-0.4, -0.2) is 31.0 Å². The van der Waals surface area contributed by atoms with Crippen LogP contribution in [0.1, 0.15) is 30.6 Å². The van der Waals surface area contributed by atoms with Crippen molar-refractivity contribution in [1.29, 1.82) is 0 Å². The van der Waals surface area contributed by atoms with Gasteiger partial charge in [0.25, 0.3) is 0 Å². The minimum atomic E-state index is -3.52. The Bertz CT molecular complexity index is 766. The Morgan fingerprint density at radius 2 is 1.96 bits per heavy atom. The number of nitrogens with zero attached hydrogens (tertiary/aromatic N) is 2. The topological polar surface area (TPSA) is 102 Å². The summed E-state index contributed by atoms with van der Waals surface area (Å²) >= 11 is 0. The second kappa shape index (κ2) is 7.36. The van der Waals surface area contributed by atoms with Crippen molar-refractivity contribution in [3.8, 4) is 0 Å². The molecule has 1 aromatic carbocycles. The number of nitrogens with one attached hydrogen (secondary N) is 1. The van der Waals surface area contributed by atoms with E-state index in [4.69, 9.17) is 4.52 Å². The van der Waals surface area contributed by atoms with Gasteiger partial charge in [-0.05, 0) is 26.0 Å². The highest BCUT2D eigenvalue weighted by Gasteiger charge is 2.19. The zero-order valence-electron chi connectivity index (χ0n) is 13.1. The number of aromatic nitrogens is 2. The number of carbonyl (C=O) groups is 1. The van der Waals surface area contributed by atoms with Crippen molar-refractivity contribution in [3.05, 3.63) is 41.5 Å². The summed E-state index contributed by atoms with van der Waals surface area (Å²) in [7, 11) is -3.52. The molecule has 0 saturated heterocycles. The first-order chi connectivity index (χ1) is 10.9. The van der Waals surface area contributed by atoms with E-state index >= 15 is 0 Å². The largest absolute Gasteiger partial charge is 0.356 e. The van der Waals surface area contributed by atoms with Crippen molar-refractivity contribution in [1.82, 2.24) is 15.5 Å². The van der Waals surface area contributed by atoms with Gasteiger partial charge in [0.2, 0.25) is 11.8 Å². The van der Waals surface area contributed by atoms with Crippen LogP contribution in [0.25, 0.3) is 0 Å². The maximum atomic E-state index is 12.3. The van der Waals surface area contributed by atoms with Crippen molar-refractivity contribution in [2.45, 2.75) is 37.3 Å². The van der Waals surface area contributed by atoms with E-state index in [9.17, 15) is 13.2 Å². The van der Waals surface area contributed by atoms with E-state index in [1.807, 2.05) is 13.8 Å². The van der Waals surface area contributed by atoms with Crippen LogP contribution < -0.4 is 5.32 Å². The highest BCUT2D eigenvalue weighted by molar-refractivity contribution is 7.90. The molecule has 0 unspecified atom stereocenters. The van der Waals surface area contributed by atoms with Crippen LogP contribution in [0.2, 0.25) is 0 Å². The van der Waals surface area contributed by atoms with Crippen LogP contribution in [0.4, 0.5) is 0 Å². The summed E-state index contributed by atoms with van der Waals surface area (Å²) in [5.74, 6) is -0.0953. The summed E-state index contributed by atoms with van der Waals surface area (Å²) in [6, 6.07) is 6.59. The van der Waals surface area contributed by atoms with Crippen LogP contribution in [0.5, 0.6) is 0 Å². The molecule has 0 atom stereocenters. The van der Waals surface area contributed by atoms with Gasteiger partial charge in [-0.2, -0.15) is 4.98 Å². The van der Waals surface area contributed by atoms with Gasteiger partial charge < -0.3 is 9.84 Å². The van der Waals surface area contributed by atoms with E-state index in [-0.39, 0.29) is 41.1 Å². The number of sulfone groups is 1.